The van der Waals surface area contributed by atoms with Crippen LogP contribution in [0.4, 0.5) is 5.13 Å². The number of rotatable bonds is 4. The molecule has 2 N–H and O–H groups in total. The molecule has 1 aromatic carbocycles. The van der Waals surface area contributed by atoms with Crippen LogP contribution in [0.15, 0.2) is 30.6 Å². The molecule has 1 amide bonds. The van der Waals surface area contributed by atoms with Crippen LogP contribution >= 0.6 is 11.3 Å². The highest BCUT2D eigenvalue weighted by Crippen LogP contribution is 2.27. The second kappa shape index (κ2) is 5.81. The number of nitrogens with one attached hydrogen (secondary N) is 1. The molecule has 0 aliphatic carbocycles. The first kappa shape index (κ1) is 15.2. The number of benzene rings is 1. The zero-order valence-electron chi connectivity index (χ0n) is 12.5. The molecule has 0 bridgehead atoms. The van der Waals surface area contributed by atoms with E-state index < -0.39 is 12.0 Å². The zero-order valence-corrected chi connectivity index (χ0v) is 13.3. The van der Waals surface area contributed by atoms with Gasteiger partial charge in [-0.15, -0.1) is 0 Å². The first-order chi connectivity index (χ1) is 10.9. The number of aryl methyl sites for hydroxylation is 1. The number of fused-ring (bicyclic) bond motifs is 1. The van der Waals surface area contributed by atoms with Crippen molar-refractivity contribution in [1.82, 2.24) is 14.8 Å². The minimum atomic E-state index is -1.01. The Labute approximate surface area is 135 Å². The van der Waals surface area contributed by atoms with Crippen molar-refractivity contribution in [1.29, 1.82) is 0 Å². The third-order valence-electron chi connectivity index (χ3n) is 3.38. The SMILES string of the molecule is Cc1ccc2nc(NC(=O)c3cnn(C(C)C(=O)O)c3)sc2c1. The maximum Gasteiger partial charge on any atom is 0.328 e. The van der Waals surface area contributed by atoms with Crippen LogP contribution in [0.5, 0.6) is 0 Å². The van der Waals surface area contributed by atoms with E-state index in [0.717, 1.165) is 15.8 Å². The van der Waals surface area contributed by atoms with Crippen LogP contribution < -0.4 is 5.32 Å². The summed E-state index contributed by atoms with van der Waals surface area (Å²) >= 11 is 1.39. The van der Waals surface area contributed by atoms with Gasteiger partial charge in [0.2, 0.25) is 0 Å². The summed E-state index contributed by atoms with van der Waals surface area (Å²) in [4.78, 5) is 27.5. The lowest BCUT2D eigenvalue weighted by atomic mass is 10.2. The van der Waals surface area contributed by atoms with Gasteiger partial charge in [-0.25, -0.2) is 9.78 Å². The van der Waals surface area contributed by atoms with Crippen molar-refractivity contribution in [2.75, 3.05) is 5.32 Å². The highest BCUT2D eigenvalue weighted by molar-refractivity contribution is 7.22. The molecule has 8 heteroatoms. The van der Waals surface area contributed by atoms with Gasteiger partial charge in [-0.2, -0.15) is 5.10 Å². The molecule has 1 atom stereocenters. The molecule has 0 fully saturated rings. The number of hydrogen-bond donors (Lipinski definition) is 2. The van der Waals surface area contributed by atoms with Crippen LogP contribution in [0.2, 0.25) is 0 Å². The summed E-state index contributed by atoms with van der Waals surface area (Å²) in [6, 6.07) is 5.05. The van der Waals surface area contributed by atoms with Crippen molar-refractivity contribution in [2.24, 2.45) is 0 Å². The van der Waals surface area contributed by atoms with Crippen LogP contribution in [0.25, 0.3) is 10.2 Å². The van der Waals surface area contributed by atoms with Crippen LogP contribution in [0, 0.1) is 6.92 Å². The Bertz CT molecular complexity index is 899. The largest absolute Gasteiger partial charge is 0.480 e. The number of aliphatic carboxylic acids is 1. The molecule has 118 valence electrons. The van der Waals surface area contributed by atoms with Gasteiger partial charge in [-0.3, -0.25) is 14.8 Å². The van der Waals surface area contributed by atoms with E-state index in [0.29, 0.717) is 5.13 Å². The summed E-state index contributed by atoms with van der Waals surface area (Å²) in [5.74, 6) is -1.38. The summed E-state index contributed by atoms with van der Waals surface area (Å²) in [5, 5.41) is 16.1. The molecule has 3 rings (SSSR count). The van der Waals surface area contributed by atoms with Crippen LogP contribution in [0.1, 0.15) is 28.9 Å². The molecule has 0 saturated heterocycles. The monoisotopic (exact) mass is 330 g/mol. The molecule has 0 aliphatic rings. The molecule has 0 spiro atoms. The predicted octanol–water partition coefficient (Wildman–Crippen LogP) is 2.70. The number of amides is 1. The van der Waals surface area contributed by atoms with Gasteiger partial charge in [0.15, 0.2) is 5.13 Å². The number of nitrogens with zero attached hydrogens (tertiary/aromatic N) is 3. The topological polar surface area (TPSA) is 97.1 Å². The van der Waals surface area contributed by atoms with E-state index in [2.05, 4.69) is 15.4 Å². The zero-order chi connectivity index (χ0) is 16.6. The van der Waals surface area contributed by atoms with Crippen molar-refractivity contribution >= 4 is 38.6 Å². The Balaban J connectivity index is 1.79. The number of carbonyl (C=O) groups is 2. The van der Waals surface area contributed by atoms with E-state index in [1.165, 1.54) is 35.3 Å². The van der Waals surface area contributed by atoms with Crippen molar-refractivity contribution in [3.05, 3.63) is 41.7 Å². The molecule has 0 radical (unpaired) electrons. The van der Waals surface area contributed by atoms with Crippen LogP contribution in [0.3, 0.4) is 0 Å². The van der Waals surface area contributed by atoms with Crippen LogP contribution in [-0.2, 0) is 4.79 Å². The molecule has 23 heavy (non-hydrogen) atoms. The Morgan fingerprint density at radius 3 is 2.91 bits per heavy atom. The summed E-state index contributed by atoms with van der Waals surface area (Å²) in [7, 11) is 0. The molecule has 1 unspecified atom stereocenters. The Kier molecular flexibility index (Phi) is 3.83. The van der Waals surface area contributed by atoms with E-state index in [1.807, 2.05) is 25.1 Å². The van der Waals surface area contributed by atoms with Crippen molar-refractivity contribution in [3.8, 4) is 0 Å². The molecule has 2 aromatic heterocycles. The van der Waals surface area contributed by atoms with Gasteiger partial charge in [0, 0.05) is 6.20 Å². The Hall–Kier alpha value is -2.74. The van der Waals surface area contributed by atoms with Gasteiger partial charge in [0.25, 0.3) is 5.91 Å². The van der Waals surface area contributed by atoms with E-state index in [-0.39, 0.29) is 11.5 Å². The third kappa shape index (κ3) is 3.07. The number of anilines is 1. The molecule has 3 aromatic rings. The number of thiazole rings is 1. The number of carboxylic acids is 1. The molecule has 0 saturated carbocycles. The van der Waals surface area contributed by atoms with Gasteiger partial charge in [-0.05, 0) is 31.5 Å². The highest BCUT2D eigenvalue weighted by atomic mass is 32.1. The molecular weight excluding hydrogens is 316 g/mol. The van der Waals surface area contributed by atoms with E-state index in [4.69, 9.17) is 5.11 Å². The molecule has 7 nitrogen and oxygen atoms in total. The minimum absolute atomic E-state index is 0.286. The second-order valence-corrected chi connectivity index (χ2v) is 6.20. The summed E-state index contributed by atoms with van der Waals surface area (Å²) < 4.78 is 2.23. The van der Waals surface area contributed by atoms with E-state index >= 15 is 0 Å². The van der Waals surface area contributed by atoms with Crippen LogP contribution in [-0.4, -0.2) is 31.7 Å². The highest BCUT2D eigenvalue weighted by Gasteiger charge is 2.17. The maximum absolute atomic E-state index is 12.2. The minimum Gasteiger partial charge on any atom is -0.480 e. The van der Waals surface area contributed by atoms with Gasteiger partial charge < -0.3 is 5.11 Å². The second-order valence-electron chi connectivity index (χ2n) is 5.17. The third-order valence-corrected chi connectivity index (χ3v) is 4.32. The lowest BCUT2D eigenvalue weighted by Crippen LogP contribution is -2.16. The molecular formula is C15H14N4O3S. The maximum atomic E-state index is 12.2. The lowest BCUT2D eigenvalue weighted by Gasteiger charge is -2.05. The fraction of sp³-hybridized carbons (Fsp3) is 0.200. The molecule has 0 aliphatic heterocycles. The predicted molar refractivity (Wildman–Crippen MR) is 86.9 cm³/mol. The van der Waals surface area contributed by atoms with E-state index in [1.54, 1.807) is 0 Å². The first-order valence-electron chi connectivity index (χ1n) is 6.89. The first-order valence-corrected chi connectivity index (χ1v) is 7.71. The summed E-state index contributed by atoms with van der Waals surface area (Å²) in [6.45, 7) is 3.49. The smallest absolute Gasteiger partial charge is 0.328 e. The Morgan fingerprint density at radius 2 is 2.17 bits per heavy atom. The standard InChI is InChI=1S/C15H14N4O3S/c1-8-3-4-11-12(5-8)23-15(17-11)18-13(20)10-6-16-19(7-10)9(2)14(21)22/h3-7,9H,1-2H3,(H,21,22)(H,17,18,20). The summed E-state index contributed by atoms with van der Waals surface area (Å²) in [6.07, 6.45) is 2.75. The number of hydrogen-bond acceptors (Lipinski definition) is 5. The average Bonchev–Trinajstić information content (AvgIpc) is 3.12. The van der Waals surface area contributed by atoms with E-state index in [9.17, 15) is 9.59 Å². The number of carboxylic acid groups (broad SMARTS) is 1. The quantitative estimate of drug-likeness (QED) is 0.766. The van der Waals surface area contributed by atoms with Gasteiger partial charge in [-0.1, -0.05) is 17.4 Å². The Morgan fingerprint density at radius 1 is 1.39 bits per heavy atom. The van der Waals surface area contributed by atoms with Crippen molar-refractivity contribution < 1.29 is 14.7 Å². The van der Waals surface area contributed by atoms with Gasteiger partial charge >= 0.3 is 5.97 Å². The number of carbonyl (C=O) groups excluding carboxylic acids is 1. The fourth-order valence-electron chi connectivity index (χ4n) is 2.03. The average molecular weight is 330 g/mol. The normalized spacial score (nSPS) is 12.3. The van der Waals surface area contributed by atoms with Crippen molar-refractivity contribution in [2.45, 2.75) is 19.9 Å². The molecule has 2 heterocycles. The fourth-order valence-corrected chi connectivity index (χ4v) is 2.99. The number of aromatic nitrogens is 3. The summed E-state index contributed by atoms with van der Waals surface area (Å²) in [5.41, 5.74) is 2.24. The van der Waals surface area contributed by atoms with Gasteiger partial charge in [0.05, 0.1) is 22.0 Å². The van der Waals surface area contributed by atoms with Crippen molar-refractivity contribution in [3.63, 3.8) is 0 Å². The van der Waals surface area contributed by atoms with Gasteiger partial charge in [0.1, 0.15) is 6.04 Å². The lowest BCUT2D eigenvalue weighted by molar-refractivity contribution is -0.140.